The van der Waals surface area contributed by atoms with E-state index in [1.165, 1.54) is 10.4 Å². The van der Waals surface area contributed by atoms with Crippen LogP contribution in [0, 0.1) is 5.82 Å². The van der Waals surface area contributed by atoms with E-state index < -0.39 is 10.2 Å². The van der Waals surface area contributed by atoms with Crippen LogP contribution in [0.15, 0.2) is 24.3 Å². The van der Waals surface area contributed by atoms with E-state index in [0.717, 1.165) is 38.0 Å². The first kappa shape index (κ1) is 18.3. The van der Waals surface area contributed by atoms with Crippen LogP contribution in [-0.4, -0.2) is 56.4 Å². The van der Waals surface area contributed by atoms with Gasteiger partial charge < -0.3 is 4.90 Å². The Labute approximate surface area is 138 Å². The van der Waals surface area contributed by atoms with Crippen molar-refractivity contribution in [1.29, 1.82) is 0 Å². The number of benzene rings is 1. The maximum absolute atomic E-state index is 13.1. The van der Waals surface area contributed by atoms with E-state index in [9.17, 15) is 12.8 Å². The van der Waals surface area contributed by atoms with Crippen molar-refractivity contribution in [2.45, 2.75) is 32.7 Å². The molecule has 1 saturated heterocycles. The van der Waals surface area contributed by atoms with Crippen LogP contribution < -0.4 is 4.72 Å². The molecule has 0 amide bonds. The molecule has 23 heavy (non-hydrogen) atoms. The lowest BCUT2D eigenvalue weighted by molar-refractivity contribution is 0.185. The first-order valence-corrected chi connectivity index (χ1v) is 9.55. The van der Waals surface area contributed by atoms with Gasteiger partial charge >= 0.3 is 0 Å². The number of aryl methyl sites for hydroxylation is 1. The van der Waals surface area contributed by atoms with Gasteiger partial charge in [-0.25, -0.2) is 4.39 Å². The molecule has 5 nitrogen and oxygen atoms in total. The van der Waals surface area contributed by atoms with Gasteiger partial charge in [0.1, 0.15) is 5.82 Å². The summed E-state index contributed by atoms with van der Waals surface area (Å²) in [6, 6.07) is 6.60. The number of nitrogens with one attached hydrogen (secondary N) is 1. The van der Waals surface area contributed by atoms with Crippen molar-refractivity contribution < 1.29 is 12.8 Å². The quantitative estimate of drug-likeness (QED) is 0.818. The van der Waals surface area contributed by atoms with Crippen LogP contribution in [0.4, 0.5) is 4.39 Å². The molecule has 0 saturated carbocycles. The van der Waals surface area contributed by atoms with E-state index in [4.69, 9.17) is 0 Å². The molecule has 1 aromatic rings. The lowest BCUT2D eigenvalue weighted by Crippen LogP contribution is -2.53. The van der Waals surface area contributed by atoms with Gasteiger partial charge in [0.05, 0.1) is 0 Å². The van der Waals surface area contributed by atoms with Crippen LogP contribution >= 0.6 is 0 Å². The second-order valence-electron chi connectivity index (χ2n) is 6.25. The molecule has 0 aromatic heterocycles. The highest BCUT2D eigenvalue weighted by Gasteiger charge is 2.26. The molecule has 0 spiro atoms. The topological polar surface area (TPSA) is 52.7 Å². The largest absolute Gasteiger partial charge is 0.301 e. The average Bonchev–Trinajstić information content (AvgIpc) is 2.46. The Morgan fingerprint density at radius 2 is 1.91 bits per heavy atom. The van der Waals surface area contributed by atoms with Crippen LogP contribution in [0.2, 0.25) is 0 Å². The smallest absolute Gasteiger partial charge is 0.279 e. The Balaban J connectivity index is 1.73. The molecule has 1 aliphatic rings. The third kappa shape index (κ3) is 5.84. The monoisotopic (exact) mass is 343 g/mol. The Morgan fingerprint density at radius 3 is 2.52 bits per heavy atom. The third-order valence-electron chi connectivity index (χ3n) is 3.88. The molecule has 0 aliphatic carbocycles. The highest BCUT2D eigenvalue weighted by Crippen LogP contribution is 2.10. The van der Waals surface area contributed by atoms with Crippen LogP contribution in [0.1, 0.15) is 25.8 Å². The van der Waals surface area contributed by atoms with Crippen molar-refractivity contribution in [2.24, 2.45) is 0 Å². The standard InChI is InChI=1S/C16H26FN3O2S/c1-14(2)18-23(21,22)20-11-9-19(10-12-20)8-4-6-15-5-3-7-16(17)13-15/h3,5,7,13-14,18H,4,6,8-12H2,1-2H3. The fraction of sp³-hybridized carbons (Fsp3) is 0.625. The van der Waals surface area contributed by atoms with Gasteiger partial charge in [0.2, 0.25) is 0 Å². The summed E-state index contributed by atoms with van der Waals surface area (Å²) in [4.78, 5) is 2.26. The van der Waals surface area contributed by atoms with E-state index in [1.54, 1.807) is 12.1 Å². The molecular weight excluding hydrogens is 317 g/mol. The van der Waals surface area contributed by atoms with Gasteiger partial charge in [-0.05, 0) is 50.9 Å². The highest BCUT2D eigenvalue weighted by molar-refractivity contribution is 7.87. The van der Waals surface area contributed by atoms with Gasteiger partial charge in [0.15, 0.2) is 0 Å². The summed E-state index contributed by atoms with van der Waals surface area (Å²) in [6.45, 7) is 7.05. The zero-order valence-corrected chi connectivity index (χ0v) is 14.7. The van der Waals surface area contributed by atoms with Crippen molar-refractivity contribution in [3.05, 3.63) is 35.6 Å². The Kier molecular flexibility index (Phi) is 6.52. The maximum atomic E-state index is 13.1. The fourth-order valence-corrected chi connectivity index (χ4v) is 4.15. The van der Waals surface area contributed by atoms with Crippen molar-refractivity contribution in [1.82, 2.24) is 13.9 Å². The summed E-state index contributed by atoms with van der Waals surface area (Å²) in [7, 11) is -3.36. The Hall–Kier alpha value is -1.02. The second-order valence-corrected chi connectivity index (χ2v) is 7.95. The summed E-state index contributed by atoms with van der Waals surface area (Å²) in [6.07, 6.45) is 1.78. The van der Waals surface area contributed by atoms with Gasteiger partial charge in [-0.2, -0.15) is 17.4 Å². The molecule has 1 N–H and O–H groups in total. The Morgan fingerprint density at radius 1 is 1.22 bits per heavy atom. The minimum atomic E-state index is -3.36. The Bertz CT molecular complexity index is 599. The number of hydrogen-bond acceptors (Lipinski definition) is 3. The van der Waals surface area contributed by atoms with E-state index in [0.29, 0.717) is 13.1 Å². The van der Waals surface area contributed by atoms with E-state index in [-0.39, 0.29) is 11.9 Å². The van der Waals surface area contributed by atoms with Gasteiger partial charge in [-0.15, -0.1) is 0 Å². The van der Waals surface area contributed by atoms with Gasteiger partial charge in [-0.3, -0.25) is 0 Å². The molecular formula is C16H26FN3O2S. The van der Waals surface area contributed by atoms with Crippen LogP contribution in [0.3, 0.4) is 0 Å². The first-order chi connectivity index (χ1) is 10.9. The van der Waals surface area contributed by atoms with Gasteiger partial charge in [0, 0.05) is 32.2 Å². The molecule has 130 valence electrons. The summed E-state index contributed by atoms with van der Waals surface area (Å²) in [5.74, 6) is -0.195. The number of hydrogen-bond donors (Lipinski definition) is 1. The number of nitrogens with zero attached hydrogens (tertiary/aromatic N) is 2. The van der Waals surface area contributed by atoms with Gasteiger partial charge in [-0.1, -0.05) is 12.1 Å². The fourth-order valence-electron chi connectivity index (χ4n) is 2.77. The summed E-state index contributed by atoms with van der Waals surface area (Å²) in [5, 5.41) is 0. The van der Waals surface area contributed by atoms with E-state index >= 15 is 0 Å². The van der Waals surface area contributed by atoms with Crippen LogP contribution in [-0.2, 0) is 16.6 Å². The zero-order chi connectivity index (χ0) is 16.9. The summed E-state index contributed by atoms with van der Waals surface area (Å²) in [5.41, 5.74) is 1.01. The highest BCUT2D eigenvalue weighted by atomic mass is 32.2. The van der Waals surface area contributed by atoms with E-state index in [1.807, 2.05) is 19.9 Å². The van der Waals surface area contributed by atoms with Crippen LogP contribution in [0.5, 0.6) is 0 Å². The van der Waals surface area contributed by atoms with Crippen molar-refractivity contribution in [3.63, 3.8) is 0 Å². The molecule has 0 atom stereocenters. The lowest BCUT2D eigenvalue weighted by atomic mass is 10.1. The first-order valence-electron chi connectivity index (χ1n) is 8.11. The molecule has 0 radical (unpaired) electrons. The molecule has 1 aromatic carbocycles. The molecule has 1 aliphatic heterocycles. The molecule has 1 fully saturated rings. The predicted molar refractivity (Wildman–Crippen MR) is 89.9 cm³/mol. The molecule has 1 heterocycles. The minimum absolute atomic E-state index is 0.0932. The van der Waals surface area contributed by atoms with Crippen LogP contribution in [0.25, 0.3) is 0 Å². The molecule has 7 heteroatoms. The minimum Gasteiger partial charge on any atom is -0.301 e. The van der Waals surface area contributed by atoms with Crippen molar-refractivity contribution in [3.8, 4) is 0 Å². The average molecular weight is 343 g/mol. The summed E-state index contributed by atoms with van der Waals surface area (Å²) < 4.78 is 41.4. The molecule has 2 rings (SSSR count). The normalized spacial score (nSPS) is 17.7. The number of halogens is 1. The number of piperazine rings is 1. The number of rotatable bonds is 7. The van der Waals surface area contributed by atoms with Crippen molar-refractivity contribution in [2.75, 3.05) is 32.7 Å². The molecule has 0 unspecified atom stereocenters. The second kappa shape index (κ2) is 8.19. The lowest BCUT2D eigenvalue weighted by Gasteiger charge is -2.34. The van der Waals surface area contributed by atoms with Crippen molar-refractivity contribution >= 4 is 10.2 Å². The van der Waals surface area contributed by atoms with Gasteiger partial charge in [0.25, 0.3) is 10.2 Å². The third-order valence-corrected chi connectivity index (χ3v) is 5.70. The maximum Gasteiger partial charge on any atom is 0.279 e. The molecule has 0 bridgehead atoms. The summed E-state index contributed by atoms with van der Waals surface area (Å²) >= 11 is 0. The zero-order valence-electron chi connectivity index (χ0n) is 13.8. The predicted octanol–water partition coefficient (Wildman–Crippen LogP) is 1.62. The van der Waals surface area contributed by atoms with E-state index in [2.05, 4.69) is 9.62 Å². The SMILES string of the molecule is CC(C)NS(=O)(=O)N1CCN(CCCc2cccc(F)c2)CC1.